The molecule has 0 spiro atoms. The van der Waals surface area contributed by atoms with Crippen molar-refractivity contribution in [2.24, 2.45) is 4.99 Å². The van der Waals surface area contributed by atoms with E-state index in [0.29, 0.717) is 24.0 Å². The van der Waals surface area contributed by atoms with Crippen molar-refractivity contribution >= 4 is 5.96 Å². The van der Waals surface area contributed by atoms with Gasteiger partial charge in [0.25, 0.3) is 0 Å². The van der Waals surface area contributed by atoms with E-state index in [4.69, 9.17) is 9.15 Å². The fourth-order valence-corrected chi connectivity index (χ4v) is 2.25. The summed E-state index contributed by atoms with van der Waals surface area (Å²) in [6.45, 7) is 5.32. The number of guanidine groups is 1. The van der Waals surface area contributed by atoms with Gasteiger partial charge in [0.15, 0.2) is 12.6 Å². The van der Waals surface area contributed by atoms with Crippen LogP contribution in [-0.2, 0) is 18.5 Å². The molecule has 0 atom stereocenters. The Morgan fingerprint density at radius 2 is 1.82 bits per heavy atom. The van der Waals surface area contributed by atoms with Crippen LogP contribution in [0.1, 0.15) is 38.0 Å². The van der Waals surface area contributed by atoms with Crippen molar-refractivity contribution in [3.8, 4) is 5.75 Å². The molecule has 2 rings (SSSR count). The Kier molecular flexibility index (Phi) is 6.93. The third kappa shape index (κ3) is 6.79. The fourth-order valence-electron chi connectivity index (χ4n) is 2.25. The maximum atomic E-state index is 12.4. The van der Waals surface area contributed by atoms with Gasteiger partial charge < -0.3 is 19.8 Å². The first-order valence-electron chi connectivity index (χ1n) is 8.75. The van der Waals surface area contributed by atoms with Crippen LogP contribution in [0.2, 0.25) is 0 Å². The van der Waals surface area contributed by atoms with Gasteiger partial charge in [0.2, 0.25) is 5.89 Å². The quantitative estimate of drug-likeness (QED) is 0.572. The number of para-hydroxylation sites is 1. The number of aliphatic imine (C=N–C) groups is 1. The van der Waals surface area contributed by atoms with E-state index < -0.39 is 12.8 Å². The van der Waals surface area contributed by atoms with Gasteiger partial charge in [0.1, 0.15) is 11.5 Å². The van der Waals surface area contributed by atoms with Gasteiger partial charge in [0.05, 0.1) is 12.7 Å². The number of halogens is 3. The van der Waals surface area contributed by atoms with E-state index in [0.717, 1.165) is 5.76 Å². The Morgan fingerprint density at radius 1 is 1.14 bits per heavy atom. The van der Waals surface area contributed by atoms with Gasteiger partial charge in [-0.15, -0.1) is 0 Å². The lowest BCUT2D eigenvalue weighted by Gasteiger charge is -2.15. The molecule has 0 aliphatic rings. The largest absolute Gasteiger partial charge is 0.484 e. The molecule has 154 valence electrons. The number of nitrogens with zero attached hydrogens (tertiary/aromatic N) is 2. The molecule has 0 fully saturated rings. The lowest BCUT2D eigenvalue weighted by Crippen LogP contribution is -2.36. The SMILES string of the molecule is CN=C(NCc1ncc(C(C)(C)C)o1)NCc1ccccc1OCC(F)(F)F. The highest BCUT2D eigenvalue weighted by atomic mass is 19.4. The van der Waals surface area contributed by atoms with Crippen molar-refractivity contribution in [3.05, 3.63) is 47.7 Å². The van der Waals surface area contributed by atoms with Gasteiger partial charge in [0, 0.05) is 24.6 Å². The predicted molar refractivity (Wildman–Crippen MR) is 100 cm³/mol. The van der Waals surface area contributed by atoms with Crippen molar-refractivity contribution in [1.29, 1.82) is 0 Å². The molecule has 0 aliphatic heterocycles. The molecule has 6 nitrogen and oxygen atoms in total. The van der Waals surface area contributed by atoms with Crippen LogP contribution in [0.4, 0.5) is 13.2 Å². The highest BCUT2D eigenvalue weighted by Crippen LogP contribution is 2.23. The topological polar surface area (TPSA) is 71.7 Å². The monoisotopic (exact) mass is 398 g/mol. The van der Waals surface area contributed by atoms with E-state index >= 15 is 0 Å². The van der Waals surface area contributed by atoms with E-state index in [1.807, 2.05) is 20.8 Å². The molecule has 0 amide bonds. The summed E-state index contributed by atoms with van der Waals surface area (Å²) in [5.74, 6) is 1.93. The summed E-state index contributed by atoms with van der Waals surface area (Å²) in [6, 6.07) is 6.54. The number of benzene rings is 1. The molecule has 0 unspecified atom stereocenters. The molecule has 0 saturated heterocycles. The lowest BCUT2D eigenvalue weighted by molar-refractivity contribution is -0.153. The minimum absolute atomic E-state index is 0.134. The van der Waals surface area contributed by atoms with Crippen LogP contribution < -0.4 is 15.4 Å². The summed E-state index contributed by atoms with van der Waals surface area (Å²) in [5.41, 5.74) is 0.450. The van der Waals surface area contributed by atoms with Crippen molar-refractivity contribution in [2.45, 2.75) is 45.5 Å². The second kappa shape index (κ2) is 8.99. The summed E-state index contributed by atoms with van der Waals surface area (Å²) in [4.78, 5) is 8.32. The smallest absolute Gasteiger partial charge is 0.422 e. The summed E-state index contributed by atoms with van der Waals surface area (Å²) in [6.07, 6.45) is -2.69. The maximum absolute atomic E-state index is 12.4. The maximum Gasteiger partial charge on any atom is 0.422 e. The molecule has 1 heterocycles. The minimum Gasteiger partial charge on any atom is -0.484 e. The Bertz CT molecular complexity index is 795. The third-order valence-electron chi connectivity index (χ3n) is 3.73. The van der Waals surface area contributed by atoms with Crippen LogP contribution in [-0.4, -0.2) is 30.8 Å². The third-order valence-corrected chi connectivity index (χ3v) is 3.73. The molecule has 1 aromatic carbocycles. The number of hydrogen-bond acceptors (Lipinski definition) is 4. The molecule has 0 radical (unpaired) electrons. The number of oxazole rings is 1. The Morgan fingerprint density at radius 3 is 2.43 bits per heavy atom. The molecule has 28 heavy (non-hydrogen) atoms. The normalized spacial score (nSPS) is 12.8. The van der Waals surface area contributed by atoms with E-state index in [1.54, 1.807) is 31.4 Å². The first kappa shape index (κ1) is 21.6. The van der Waals surface area contributed by atoms with Crippen LogP contribution in [0, 0.1) is 0 Å². The van der Waals surface area contributed by atoms with Gasteiger partial charge in [-0.2, -0.15) is 13.2 Å². The van der Waals surface area contributed by atoms with Gasteiger partial charge in [-0.1, -0.05) is 39.0 Å². The van der Waals surface area contributed by atoms with Gasteiger partial charge in [-0.05, 0) is 6.07 Å². The van der Waals surface area contributed by atoms with E-state index in [-0.39, 0.29) is 17.7 Å². The van der Waals surface area contributed by atoms with Crippen LogP contribution >= 0.6 is 0 Å². The number of alkyl halides is 3. The lowest BCUT2D eigenvalue weighted by atomic mass is 9.94. The first-order valence-corrected chi connectivity index (χ1v) is 8.75. The van der Waals surface area contributed by atoms with E-state index in [2.05, 4.69) is 20.6 Å². The summed E-state index contributed by atoms with van der Waals surface area (Å²) < 4.78 is 47.8. The van der Waals surface area contributed by atoms with Crippen LogP contribution in [0.5, 0.6) is 5.75 Å². The van der Waals surface area contributed by atoms with Crippen molar-refractivity contribution in [3.63, 3.8) is 0 Å². The first-order chi connectivity index (χ1) is 13.1. The molecular weight excluding hydrogens is 373 g/mol. The molecule has 1 aromatic heterocycles. The molecule has 0 bridgehead atoms. The highest BCUT2D eigenvalue weighted by molar-refractivity contribution is 5.79. The Balaban J connectivity index is 1.91. The summed E-state index contributed by atoms with van der Waals surface area (Å²) in [7, 11) is 1.59. The molecule has 2 aromatic rings. The average molecular weight is 398 g/mol. The fraction of sp³-hybridized carbons (Fsp3) is 0.474. The highest BCUT2D eigenvalue weighted by Gasteiger charge is 2.28. The minimum atomic E-state index is -4.39. The van der Waals surface area contributed by atoms with Crippen molar-refractivity contribution in [2.75, 3.05) is 13.7 Å². The molecule has 0 saturated carbocycles. The summed E-state index contributed by atoms with van der Waals surface area (Å²) >= 11 is 0. The summed E-state index contributed by atoms with van der Waals surface area (Å²) in [5, 5.41) is 6.10. The molecule has 0 aliphatic carbocycles. The number of hydrogen-bond donors (Lipinski definition) is 2. The van der Waals surface area contributed by atoms with Crippen LogP contribution in [0.3, 0.4) is 0 Å². The standard InChI is InChI=1S/C19H25F3N4O2/c1-18(2,3)15-10-24-16(28-15)11-26-17(23-4)25-9-13-7-5-6-8-14(13)27-12-19(20,21)22/h5-8,10H,9,11-12H2,1-4H3,(H2,23,25,26). The van der Waals surface area contributed by atoms with E-state index in [9.17, 15) is 13.2 Å². The predicted octanol–water partition coefficient (Wildman–Crippen LogP) is 3.78. The van der Waals surface area contributed by atoms with Gasteiger partial charge in [-0.3, -0.25) is 4.99 Å². The average Bonchev–Trinajstić information content (AvgIpc) is 3.09. The van der Waals surface area contributed by atoms with Gasteiger partial charge in [-0.25, -0.2) is 4.98 Å². The molecule has 9 heteroatoms. The Labute approximate surface area is 162 Å². The van der Waals surface area contributed by atoms with Crippen LogP contribution in [0.25, 0.3) is 0 Å². The second-order valence-electron chi connectivity index (χ2n) is 7.16. The Hall–Kier alpha value is -2.71. The van der Waals surface area contributed by atoms with Crippen LogP contribution in [0.15, 0.2) is 39.9 Å². The van der Waals surface area contributed by atoms with Crippen molar-refractivity contribution < 1.29 is 22.3 Å². The number of ether oxygens (including phenoxy) is 1. The van der Waals surface area contributed by atoms with Crippen molar-refractivity contribution in [1.82, 2.24) is 15.6 Å². The number of nitrogens with one attached hydrogen (secondary N) is 2. The number of aromatic nitrogens is 1. The second-order valence-corrected chi connectivity index (χ2v) is 7.16. The molecular formula is C19H25F3N4O2. The van der Waals surface area contributed by atoms with E-state index in [1.165, 1.54) is 6.07 Å². The zero-order valence-electron chi connectivity index (χ0n) is 16.4. The zero-order valence-corrected chi connectivity index (χ0v) is 16.4. The number of rotatable bonds is 6. The molecule has 2 N–H and O–H groups in total. The van der Waals surface area contributed by atoms with Gasteiger partial charge >= 0.3 is 6.18 Å². The zero-order chi connectivity index (χ0) is 20.8.